The molecule has 6 heteroatoms. The zero-order valence-corrected chi connectivity index (χ0v) is 12.5. The van der Waals surface area contributed by atoms with E-state index in [1.165, 1.54) is 6.42 Å². The molecule has 1 fully saturated rings. The van der Waals surface area contributed by atoms with Crippen molar-refractivity contribution in [2.45, 2.75) is 31.7 Å². The maximum atomic E-state index is 12.1. The van der Waals surface area contributed by atoms with Crippen LogP contribution in [0.3, 0.4) is 0 Å². The molecular formula is C16H21N3O3. The molecule has 1 aliphatic rings. The highest BCUT2D eigenvalue weighted by molar-refractivity contribution is 5.81. The van der Waals surface area contributed by atoms with E-state index in [9.17, 15) is 4.79 Å². The van der Waals surface area contributed by atoms with Crippen molar-refractivity contribution in [3.63, 3.8) is 0 Å². The van der Waals surface area contributed by atoms with Crippen LogP contribution in [0.1, 0.15) is 25.7 Å². The van der Waals surface area contributed by atoms with E-state index in [2.05, 4.69) is 5.16 Å². The lowest BCUT2D eigenvalue weighted by atomic mass is 10.1. The second-order valence-electron chi connectivity index (χ2n) is 5.70. The number of carbonyl (C=O) groups excluding carboxylic acids is 1. The summed E-state index contributed by atoms with van der Waals surface area (Å²) in [5.41, 5.74) is 6.69. The Morgan fingerprint density at radius 2 is 2.09 bits per heavy atom. The van der Waals surface area contributed by atoms with E-state index in [-0.39, 0.29) is 18.6 Å². The number of ether oxygens (including phenoxy) is 1. The molecule has 1 aliphatic heterocycles. The van der Waals surface area contributed by atoms with Crippen molar-refractivity contribution in [3.8, 4) is 5.88 Å². The Labute approximate surface area is 129 Å². The second kappa shape index (κ2) is 6.79. The number of piperidine rings is 1. The minimum atomic E-state index is -0.343. The number of nitrogens with zero attached hydrogens (tertiary/aromatic N) is 2. The van der Waals surface area contributed by atoms with Crippen molar-refractivity contribution in [1.29, 1.82) is 0 Å². The van der Waals surface area contributed by atoms with Crippen LogP contribution < -0.4 is 10.5 Å². The average Bonchev–Trinajstić information content (AvgIpc) is 2.97. The maximum Gasteiger partial charge on any atom is 0.262 e. The number of benzene rings is 1. The monoisotopic (exact) mass is 303 g/mol. The van der Waals surface area contributed by atoms with Gasteiger partial charge in [0.15, 0.2) is 5.58 Å². The normalized spacial score (nSPS) is 16.7. The summed E-state index contributed by atoms with van der Waals surface area (Å²) in [7, 11) is 0. The fourth-order valence-electron chi connectivity index (χ4n) is 2.71. The molecule has 0 bridgehead atoms. The van der Waals surface area contributed by atoms with Crippen molar-refractivity contribution >= 4 is 16.9 Å². The van der Waals surface area contributed by atoms with Crippen LogP contribution in [0.4, 0.5) is 0 Å². The van der Waals surface area contributed by atoms with Crippen molar-refractivity contribution in [2.24, 2.45) is 5.73 Å². The molecule has 0 saturated carbocycles. The Balaban J connectivity index is 1.51. The van der Waals surface area contributed by atoms with Crippen molar-refractivity contribution in [3.05, 3.63) is 24.3 Å². The maximum absolute atomic E-state index is 12.1. The minimum absolute atomic E-state index is 0.112. The van der Waals surface area contributed by atoms with Crippen LogP contribution >= 0.6 is 0 Å². The van der Waals surface area contributed by atoms with Gasteiger partial charge in [0.25, 0.3) is 5.88 Å². The second-order valence-corrected chi connectivity index (χ2v) is 5.70. The zero-order valence-electron chi connectivity index (χ0n) is 12.5. The Kier molecular flexibility index (Phi) is 4.58. The van der Waals surface area contributed by atoms with Crippen molar-refractivity contribution in [1.82, 2.24) is 10.1 Å². The summed E-state index contributed by atoms with van der Waals surface area (Å²) in [6.07, 6.45) is 3.68. The molecule has 0 radical (unpaired) electrons. The fourth-order valence-corrected chi connectivity index (χ4v) is 2.71. The molecule has 22 heavy (non-hydrogen) atoms. The van der Waals surface area contributed by atoms with Crippen LogP contribution in [-0.4, -0.2) is 41.7 Å². The molecule has 1 aromatic carbocycles. The fraction of sp³-hybridized carbons (Fsp3) is 0.500. The van der Waals surface area contributed by atoms with Crippen LogP contribution in [0, 0.1) is 0 Å². The summed E-state index contributed by atoms with van der Waals surface area (Å²) in [6.45, 7) is 1.94. The SMILES string of the molecule is NC(COc1noc2ccccc12)CC(=O)N1CCCCC1. The molecule has 2 heterocycles. The number of carbonyl (C=O) groups is 1. The lowest BCUT2D eigenvalue weighted by molar-refractivity contribution is -0.132. The summed E-state index contributed by atoms with van der Waals surface area (Å²) in [5.74, 6) is 0.539. The van der Waals surface area contributed by atoms with Crippen LogP contribution in [-0.2, 0) is 4.79 Å². The van der Waals surface area contributed by atoms with Gasteiger partial charge in [0.2, 0.25) is 5.91 Å². The van der Waals surface area contributed by atoms with Gasteiger partial charge in [-0.2, -0.15) is 0 Å². The number of amides is 1. The first-order valence-electron chi connectivity index (χ1n) is 7.74. The highest BCUT2D eigenvalue weighted by Crippen LogP contribution is 2.24. The van der Waals surface area contributed by atoms with Gasteiger partial charge < -0.3 is 19.9 Å². The summed E-state index contributed by atoms with van der Waals surface area (Å²) >= 11 is 0. The third-order valence-electron chi connectivity index (χ3n) is 3.92. The van der Waals surface area contributed by atoms with Gasteiger partial charge in [0.05, 0.1) is 5.39 Å². The van der Waals surface area contributed by atoms with Crippen molar-refractivity contribution < 1.29 is 14.1 Å². The van der Waals surface area contributed by atoms with Gasteiger partial charge in [-0.05, 0) is 36.6 Å². The van der Waals surface area contributed by atoms with E-state index >= 15 is 0 Å². The van der Waals surface area contributed by atoms with E-state index in [4.69, 9.17) is 15.0 Å². The topological polar surface area (TPSA) is 81.6 Å². The molecule has 3 rings (SSSR count). The van der Waals surface area contributed by atoms with E-state index in [1.54, 1.807) is 0 Å². The molecule has 1 amide bonds. The number of hydrogen-bond donors (Lipinski definition) is 1. The number of rotatable bonds is 5. The number of nitrogens with two attached hydrogens (primary N) is 1. The zero-order chi connectivity index (χ0) is 15.4. The lowest BCUT2D eigenvalue weighted by Crippen LogP contribution is -2.40. The van der Waals surface area contributed by atoms with Gasteiger partial charge in [-0.25, -0.2) is 0 Å². The first-order chi connectivity index (χ1) is 10.7. The summed E-state index contributed by atoms with van der Waals surface area (Å²) in [5, 5.41) is 4.70. The predicted molar refractivity (Wildman–Crippen MR) is 82.5 cm³/mol. The number of aromatic nitrogens is 1. The van der Waals surface area contributed by atoms with Crippen LogP contribution in [0.2, 0.25) is 0 Å². The molecule has 0 spiro atoms. The van der Waals surface area contributed by atoms with Gasteiger partial charge in [-0.1, -0.05) is 12.1 Å². The van der Waals surface area contributed by atoms with Crippen LogP contribution in [0.15, 0.2) is 28.8 Å². The summed E-state index contributed by atoms with van der Waals surface area (Å²) in [4.78, 5) is 14.0. The molecular weight excluding hydrogens is 282 g/mol. The van der Waals surface area contributed by atoms with Crippen LogP contribution in [0.25, 0.3) is 11.0 Å². The molecule has 0 aliphatic carbocycles. The van der Waals surface area contributed by atoms with E-state index in [0.29, 0.717) is 17.9 Å². The Morgan fingerprint density at radius 3 is 2.91 bits per heavy atom. The smallest absolute Gasteiger partial charge is 0.262 e. The average molecular weight is 303 g/mol. The Hall–Kier alpha value is -2.08. The Bertz CT molecular complexity index is 634. The number of para-hydroxylation sites is 1. The Morgan fingerprint density at radius 1 is 1.32 bits per heavy atom. The molecule has 6 nitrogen and oxygen atoms in total. The number of fused-ring (bicyclic) bond motifs is 1. The molecule has 1 saturated heterocycles. The third kappa shape index (κ3) is 3.39. The molecule has 118 valence electrons. The van der Waals surface area contributed by atoms with E-state index < -0.39 is 0 Å². The highest BCUT2D eigenvalue weighted by atomic mass is 16.5. The van der Waals surface area contributed by atoms with Gasteiger partial charge in [-0.3, -0.25) is 4.79 Å². The molecule has 2 N–H and O–H groups in total. The van der Waals surface area contributed by atoms with Gasteiger partial charge in [0.1, 0.15) is 6.61 Å². The standard InChI is InChI=1S/C16H21N3O3/c17-12(10-15(20)19-8-4-1-5-9-19)11-21-16-13-6-2-3-7-14(13)22-18-16/h2-3,6-7,12H,1,4-5,8-11,17H2. The van der Waals surface area contributed by atoms with E-state index in [0.717, 1.165) is 31.3 Å². The first kappa shape index (κ1) is 14.8. The largest absolute Gasteiger partial charge is 0.473 e. The quantitative estimate of drug-likeness (QED) is 0.913. The molecule has 2 aromatic rings. The third-order valence-corrected chi connectivity index (χ3v) is 3.92. The van der Waals surface area contributed by atoms with Crippen molar-refractivity contribution in [2.75, 3.05) is 19.7 Å². The highest BCUT2D eigenvalue weighted by Gasteiger charge is 2.19. The van der Waals surface area contributed by atoms with E-state index in [1.807, 2.05) is 29.2 Å². The predicted octanol–water partition coefficient (Wildman–Crippen LogP) is 1.94. The molecule has 1 unspecified atom stereocenters. The summed E-state index contributed by atoms with van der Waals surface area (Å²) in [6, 6.07) is 7.14. The number of hydrogen-bond acceptors (Lipinski definition) is 5. The minimum Gasteiger partial charge on any atom is -0.473 e. The summed E-state index contributed by atoms with van der Waals surface area (Å²) < 4.78 is 10.8. The van der Waals surface area contributed by atoms with Gasteiger partial charge >= 0.3 is 0 Å². The van der Waals surface area contributed by atoms with Gasteiger partial charge in [-0.15, -0.1) is 0 Å². The first-order valence-corrected chi connectivity index (χ1v) is 7.74. The molecule has 1 atom stereocenters. The number of likely N-dealkylation sites (tertiary alicyclic amines) is 1. The lowest BCUT2D eigenvalue weighted by Gasteiger charge is -2.27. The van der Waals surface area contributed by atoms with Crippen LogP contribution in [0.5, 0.6) is 5.88 Å². The van der Waals surface area contributed by atoms with Gasteiger partial charge in [0, 0.05) is 25.6 Å². The molecule has 1 aromatic heterocycles.